The van der Waals surface area contributed by atoms with Crippen LogP contribution in [0.15, 0.2) is 528 Å². The Labute approximate surface area is 842 Å². The minimum absolute atomic E-state index is 1.15. The van der Waals surface area contributed by atoms with Crippen molar-refractivity contribution in [1.29, 1.82) is 0 Å². The zero-order valence-corrected chi connectivity index (χ0v) is 79.8. The lowest BCUT2D eigenvalue weighted by Gasteiger charge is -2.13. The normalized spacial score (nSPS) is 12.1. The van der Waals surface area contributed by atoms with E-state index in [0.29, 0.717) is 0 Å². The Hall–Kier alpha value is -19.7. The van der Waals surface area contributed by atoms with Gasteiger partial charge in [0.15, 0.2) is 0 Å². The third-order valence-corrected chi connectivity index (χ3v) is 31.2. The van der Waals surface area contributed by atoms with Crippen molar-refractivity contribution in [3.05, 3.63) is 528 Å². The van der Waals surface area contributed by atoms with E-state index in [1.54, 1.807) is 0 Å². The summed E-state index contributed by atoms with van der Waals surface area (Å²) in [6, 6.07) is 193. The molecule has 0 fully saturated rings. The lowest BCUT2D eigenvalue weighted by Crippen LogP contribution is -1.98. The van der Waals surface area contributed by atoms with Crippen molar-refractivity contribution in [3.8, 4) is 51.2 Å². The van der Waals surface area contributed by atoms with Gasteiger partial charge in [-0.15, -0.1) is 0 Å². The van der Waals surface area contributed by atoms with Crippen molar-refractivity contribution in [3.63, 3.8) is 0 Å². The van der Waals surface area contributed by atoms with Crippen molar-refractivity contribution < 1.29 is 0 Å². The molecule has 0 aliphatic carbocycles. The van der Waals surface area contributed by atoms with Crippen molar-refractivity contribution in [2.75, 3.05) is 0 Å². The Morgan fingerprint density at radius 3 is 0.510 bits per heavy atom. The maximum Gasteiger partial charge on any atom is 0.0562 e. The minimum Gasteiger partial charge on any atom is -0.309 e. The molecule has 0 atom stereocenters. The molecule has 0 saturated carbocycles. The molecule has 0 aliphatic heterocycles. The molecule has 0 aliphatic rings. The van der Waals surface area contributed by atoms with E-state index in [-0.39, 0.29) is 0 Å². The molecule has 9 nitrogen and oxygen atoms in total. The van der Waals surface area contributed by atoms with Crippen LogP contribution in [0.4, 0.5) is 0 Å². The molecule has 0 amide bonds. The van der Waals surface area contributed by atoms with Gasteiger partial charge in [0.1, 0.15) is 0 Å². The summed E-state index contributed by atoms with van der Waals surface area (Å²) in [5.74, 6) is 0. The smallest absolute Gasteiger partial charge is 0.0562 e. The highest BCUT2D eigenvalue weighted by molar-refractivity contribution is 6.24. The van der Waals surface area contributed by atoms with Crippen LogP contribution in [0.3, 0.4) is 0 Å². The summed E-state index contributed by atoms with van der Waals surface area (Å²) in [7, 11) is 0. The molecule has 0 spiro atoms. The van der Waals surface area contributed by atoms with Crippen LogP contribution in [0, 0.1) is 0 Å². The zero-order valence-electron chi connectivity index (χ0n) is 79.8. The van der Waals surface area contributed by atoms with Gasteiger partial charge in [-0.2, -0.15) is 0 Å². The molecule has 684 valence electrons. The van der Waals surface area contributed by atoms with E-state index in [0.717, 1.165) is 11.4 Å². The van der Waals surface area contributed by atoms with E-state index >= 15 is 0 Å². The minimum atomic E-state index is 1.15. The van der Waals surface area contributed by atoms with Crippen molar-refractivity contribution >= 4 is 229 Å². The standard InChI is InChI=1S/3C46H29N3/c1-2-13-31-28-32(25-24-30(31)12-1)47-39-18-7-5-16-36(39)38-29-33(26-27-43(38)47)48-42-21-10-6-17-37(42)46-44(48)22-11-23-45(46)49-40-19-8-3-14-34(40)35-15-4-9-20-41(35)49;1-2-14-31-29-32(28-27-30(31)13-1)47-39-21-9-5-17-35(39)45-41(47)23-11-25-43(45)49-40-22-10-6-18-36(40)46-42(24-12-26-44(46)49)48-37-19-7-3-15-33(37)34-16-4-8-20-38(34)48;1-2-13-31-28-32(25-24-30(31)12-1)48-42-21-10-6-17-37(42)46-44(48)22-11-23-45(46)49-41-20-9-5-16-36(41)38-29-33(26-27-43(38)49)47-39-18-7-3-14-34(39)35-15-4-8-19-40(35)47/h3*1-29H. The van der Waals surface area contributed by atoms with Gasteiger partial charge in [-0.3, -0.25) is 0 Å². The van der Waals surface area contributed by atoms with Crippen molar-refractivity contribution in [1.82, 2.24) is 41.1 Å². The Balaban J connectivity index is 0.0000000999. The average molecular weight is 1870 g/mol. The maximum absolute atomic E-state index is 2.49. The third kappa shape index (κ3) is 12.3. The highest BCUT2D eigenvalue weighted by Gasteiger charge is 2.28. The number of rotatable bonds is 9. The lowest BCUT2D eigenvalue weighted by atomic mass is 10.1. The topological polar surface area (TPSA) is 44.4 Å². The van der Waals surface area contributed by atoms with Crippen LogP contribution in [0.2, 0.25) is 0 Å². The summed E-state index contributed by atoms with van der Waals surface area (Å²) in [6.45, 7) is 0. The largest absolute Gasteiger partial charge is 0.309 e. The molecule has 0 bridgehead atoms. The first-order valence-electron chi connectivity index (χ1n) is 50.6. The molecule has 0 N–H and O–H groups in total. The van der Waals surface area contributed by atoms with E-state index in [1.807, 2.05) is 0 Å². The summed E-state index contributed by atoms with van der Waals surface area (Å²) in [4.78, 5) is 0. The van der Waals surface area contributed by atoms with E-state index in [9.17, 15) is 0 Å². The molecule has 0 radical (unpaired) electrons. The fraction of sp³-hybridized carbons (Fsp3) is 0. The van der Waals surface area contributed by atoms with Gasteiger partial charge < -0.3 is 41.1 Å². The maximum atomic E-state index is 2.49. The second-order valence-corrected chi connectivity index (χ2v) is 38.9. The summed E-state index contributed by atoms with van der Waals surface area (Å²) in [6.07, 6.45) is 0. The fourth-order valence-electron chi connectivity index (χ4n) is 25.1. The highest BCUT2D eigenvalue weighted by atomic mass is 15.1. The quantitative estimate of drug-likeness (QED) is 0.138. The van der Waals surface area contributed by atoms with Gasteiger partial charge in [0.25, 0.3) is 0 Å². The zero-order chi connectivity index (χ0) is 96.2. The van der Waals surface area contributed by atoms with Crippen molar-refractivity contribution in [2.24, 2.45) is 0 Å². The van der Waals surface area contributed by atoms with Crippen LogP contribution < -0.4 is 0 Å². The Morgan fingerprint density at radius 1 is 0.0884 bits per heavy atom. The first-order valence-corrected chi connectivity index (χ1v) is 50.6. The number of nitrogens with zero attached hydrogens (tertiary/aromatic N) is 9. The molecule has 24 aromatic carbocycles. The third-order valence-electron chi connectivity index (χ3n) is 31.2. The molecule has 33 aromatic rings. The van der Waals surface area contributed by atoms with Crippen LogP contribution in [0.1, 0.15) is 0 Å². The van der Waals surface area contributed by atoms with Gasteiger partial charge in [0, 0.05) is 125 Å². The molecule has 9 heterocycles. The predicted molar refractivity (Wildman–Crippen MR) is 621 cm³/mol. The molecule has 147 heavy (non-hydrogen) atoms. The first-order chi connectivity index (χ1) is 73.0. The number of benzene rings is 24. The van der Waals surface area contributed by atoms with E-state index < -0.39 is 0 Å². The molecular formula is C138H87N9. The van der Waals surface area contributed by atoms with Gasteiger partial charge in [-0.1, -0.05) is 334 Å². The molecular weight excluding hydrogens is 1780 g/mol. The monoisotopic (exact) mass is 1870 g/mol. The van der Waals surface area contributed by atoms with Gasteiger partial charge in [-0.05, 0) is 226 Å². The van der Waals surface area contributed by atoms with Gasteiger partial charge in [-0.25, -0.2) is 0 Å². The molecule has 9 heteroatoms. The van der Waals surface area contributed by atoms with E-state index in [4.69, 9.17) is 0 Å². The lowest BCUT2D eigenvalue weighted by molar-refractivity contribution is 1.16. The van der Waals surface area contributed by atoms with Crippen LogP contribution in [-0.2, 0) is 0 Å². The highest BCUT2D eigenvalue weighted by Crippen LogP contribution is 2.49. The van der Waals surface area contributed by atoms with E-state index in [2.05, 4.69) is 569 Å². The summed E-state index contributed by atoms with van der Waals surface area (Å²) >= 11 is 0. The second kappa shape index (κ2) is 32.4. The van der Waals surface area contributed by atoms with Gasteiger partial charge in [0.2, 0.25) is 0 Å². The second-order valence-electron chi connectivity index (χ2n) is 38.9. The van der Waals surface area contributed by atoms with Gasteiger partial charge in [0.05, 0.1) is 122 Å². The van der Waals surface area contributed by atoms with Gasteiger partial charge >= 0.3 is 0 Å². The first kappa shape index (κ1) is 82.0. The molecule has 0 unspecified atom stereocenters. The Morgan fingerprint density at radius 2 is 0.245 bits per heavy atom. The van der Waals surface area contributed by atoms with Crippen LogP contribution in [0.25, 0.3) is 280 Å². The van der Waals surface area contributed by atoms with Crippen LogP contribution >= 0.6 is 0 Å². The van der Waals surface area contributed by atoms with Crippen LogP contribution in [-0.4, -0.2) is 41.1 Å². The number of fused-ring (bicyclic) bond motifs is 30. The average Bonchev–Trinajstić information content (AvgIpc) is 1.55. The number of hydrogen-bond acceptors (Lipinski definition) is 0. The molecule has 9 aromatic heterocycles. The Kier molecular flexibility index (Phi) is 18.1. The molecule has 33 rings (SSSR count). The summed E-state index contributed by atoms with van der Waals surface area (Å²) in [5.41, 5.74) is 32.3. The fourth-order valence-corrected chi connectivity index (χ4v) is 25.1. The summed E-state index contributed by atoms with van der Waals surface area (Å²) < 4.78 is 22.0. The number of aromatic nitrogens is 9. The summed E-state index contributed by atoms with van der Waals surface area (Å²) in [5, 5.41) is 30.0. The molecule has 0 saturated heterocycles. The SMILES string of the molecule is c1ccc2cc(-n3c4ccccc4c4c(-n5c6ccccc6c6c(-n7c8ccccc8c8ccccc87)cccc65)cccc43)ccc2c1.c1ccc2cc(-n3c4ccccc4c4c(-n5c6ccccc6c6cc(-n7c8ccccc8c8ccccc87)ccc65)cccc43)ccc2c1.c1ccc2cc(-n3c4ccccc4c4cc(-n5c6ccccc6c6c(-n7c8ccccc8c8ccccc87)cccc65)ccc43)ccc2c1. The Bertz CT molecular complexity index is 11200. The van der Waals surface area contributed by atoms with Crippen molar-refractivity contribution in [2.45, 2.75) is 0 Å². The number of hydrogen-bond donors (Lipinski definition) is 0. The van der Waals surface area contributed by atoms with Crippen LogP contribution in [0.5, 0.6) is 0 Å². The van der Waals surface area contributed by atoms with E-state index in [1.165, 1.54) is 268 Å². The predicted octanol–water partition coefficient (Wildman–Crippen LogP) is 36.4. The number of para-hydroxylation sites is 12.